The molecule has 2 N–H and O–H groups in total. The summed E-state index contributed by atoms with van der Waals surface area (Å²) in [4.78, 5) is 17.6. The Morgan fingerprint density at radius 1 is 1.11 bits per heavy atom. The molecule has 2 unspecified atom stereocenters. The molecule has 2 atom stereocenters. The highest BCUT2D eigenvalue weighted by Crippen LogP contribution is 2.45. The van der Waals surface area contributed by atoms with Crippen LogP contribution in [0.2, 0.25) is 0 Å². The summed E-state index contributed by atoms with van der Waals surface area (Å²) in [5.41, 5.74) is 0. The van der Waals surface area contributed by atoms with Crippen LogP contribution in [0.3, 0.4) is 0 Å². The van der Waals surface area contributed by atoms with Gasteiger partial charge in [-0.1, -0.05) is 0 Å². The Hall–Kier alpha value is 0.700. The van der Waals surface area contributed by atoms with Crippen LogP contribution >= 0.6 is 16.8 Å². The normalized spacial score (nSPS) is 17.3. The summed E-state index contributed by atoms with van der Waals surface area (Å²) < 4.78 is 9.04. The topological polar surface area (TPSA) is 58.9 Å². The van der Waals surface area contributed by atoms with Crippen molar-refractivity contribution in [3.05, 3.63) is 0 Å². The molecule has 0 saturated carbocycles. The lowest BCUT2D eigenvalue weighted by Crippen LogP contribution is -1.85. The molecule has 0 spiro atoms. The highest BCUT2D eigenvalue weighted by molar-refractivity contribution is 7.64. The summed E-state index contributed by atoms with van der Waals surface area (Å²) >= 11 is 0. The highest BCUT2D eigenvalue weighted by Gasteiger charge is 2.10. The SMILES string of the molecule is COP(O)CP(O)OC. The molecule has 0 aliphatic carbocycles. The summed E-state index contributed by atoms with van der Waals surface area (Å²) in [5.74, 6) is 0.206. The predicted molar refractivity (Wildman–Crippen MR) is 37.2 cm³/mol. The van der Waals surface area contributed by atoms with Crippen molar-refractivity contribution in [2.45, 2.75) is 0 Å². The molecule has 56 valence electrons. The van der Waals surface area contributed by atoms with Gasteiger partial charge in [-0.05, 0) is 0 Å². The van der Waals surface area contributed by atoms with Crippen LogP contribution in [0, 0.1) is 0 Å². The average molecular weight is 172 g/mol. The molecule has 0 radical (unpaired) electrons. The van der Waals surface area contributed by atoms with E-state index in [1.807, 2.05) is 0 Å². The first-order valence-corrected chi connectivity index (χ1v) is 5.01. The summed E-state index contributed by atoms with van der Waals surface area (Å²) in [6.07, 6.45) is 0. The van der Waals surface area contributed by atoms with Crippen molar-refractivity contribution < 1.29 is 18.8 Å². The van der Waals surface area contributed by atoms with Crippen LogP contribution in [0.25, 0.3) is 0 Å². The molecule has 0 aliphatic rings. The van der Waals surface area contributed by atoms with Crippen molar-refractivity contribution in [3.8, 4) is 0 Å². The van der Waals surface area contributed by atoms with Gasteiger partial charge in [-0.2, -0.15) is 0 Å². The summed E-state index contributed by atoms with van der Waals surface area (Å²) in [7, 11) is -0.153. The van der Waals surface area contributed by atoms with E-state index in [1.165, 1.54) is 14.2 Å². The minimum Gasteiger partial charge on any atom is -0.350 e. The van der Waals surface area contributed by atoms with E-state index in [0.717, 1.165) is 0 Å². The molecule has 0 fully saturated rings. The minimum absolute atomic E-state index is 0.206. The molecule has 4 nitrogen and oxygen atoms in total. The van der Waals surface area contributed by atoms with Gasteiger partial charge >= 0.3 is 0 Å². The van der Waals surface area contributed by atoms with Gasteiger partial charge < -0.3 is 18.8 Å². The molecule has 0 amide bonds. The Labute approximate surface area is 56.6 Å². The van der Waals surface area contributed by atoms with E-state index < -0.39 is 16.8 Å². The Morgan fingerprint density at radius 2 is 1.44 bits per heavy atom. The van der Waals surface area contributed by atoms with E-state index >= 15 is 0 Å². The second-order valence-corrected chi connectivity index (χ2v) is 4.48. The first-order chi connectivity index (χ1) is 4.20. The van der Waals surface area contributed by atoms with Crippen LogP contribution in [-0.4, -0.2) is 29.9 Å². The fraction of sp³-hybridized carbons (Fsp3) is 1.00. The monoisotopic (exact) mass is 172 g/mol. The molecular weight excluding hydrogens is 162 g/mol. The van der Waals surface area contributed by atoms with E-state index in [1.54, 1.807) is 0 Å². The van der Waals surface area contributed by atoms with Gasteiger partial charge in [0.15, 0.2) is 16.8 Å². The van der Waals surface area contributed by atoms with Gasteiger partial charge in [-0.15, -0.1) is 0 Å². The Bertz CT molecular complexity index is 62.8. The minimum atomic E-state index is -1.47. The van der Waals surface area contributed by atoms with E-state index in [-0.39, 0.29) is 5.90 Å². The fourth-order valence-electron chi connectivity index (χ4n) is 0.219. The Balaban J connectivity index is 3.22. The van der Waals surface area contributed by atoms with E-state index in [9.17, 15) is 0 Å². The molecular formula is C3H10O4P2. The zero-order valence-electron chi connectivity index (χ0n) is 5.31. The maximum Gasteiger partial charge on any atom is 0.176 e. The largest absolute Gasteiger partial charge is 0.350 e. The molecule has 0 aromatic rings. The Morgan fingerprint density at radius 3 is 1.67 bits per heavy atom. The molecule has 0 aromatic carbocycles. The predicted octanol–water partition coefficient (Wildman–Crippen LogP) is 0.845. The third-order valence-corrected chi connectivity index (χ3v) is 3.44. The second kappa shape index (κ2) is 5.48. The first kappa shape index (κ1) is 9.70. The van der Waals surface area contributed by atoms with Crippen molar-refractivity contribution in [2.24, 2.45) is 0 Å². The molecule has 0 saturated heterocycles. The lowest BCUT2D eigenvalue weighted by Gasteiger charge is -2.09. The molecule has 9 heavy (non-hydrogen) atoms. The molecule has 0 bridgehead atoms. The number of hydrogen-bond acceptors (Lipinski definition) is 4. The summed E-state index contributed by atoms with van der Waals surface area (Å²) in [6, 6.07) is 0. The second-order valence-electron chi connectivity index (χ2n) is 1.21. The molecule has 0 aromatic heterocycles. The van der Waals surface area contributed by atoms with Gasteiger partial charge in [0.25, 0.3) is 0 Å². The number of rotatable bonds is 4. The third kappa shape index (κ3) is 5.16. The maximum absolute atomic E-state index is 8.78. The third-order valence-electron chi connectivity index (χ3n) is 0.663. The average Bonchev–Trinajstić information content (AvgIpc) is 1.87. The zero-order valence-corrected chi connectivity index (χ0v) is 7.10. The van der Waals surface area contributed by atoms with Crippen molar-refractivity contribution in [3.63, 3.8) is 0 Å². The smallest absolute Gasteiger partial charge is 0.176 e. The van der Waals surface area contributed by atoms with Crippen molar-refractivity contribution in [1.29, 1.82) is 0 Å². The first-order valence-electron chi connectivity index (χ1n) is 2.21. The van der Waals surface area contributed by atoms with Gasteiger partial charge in [-0.3, -0.25) is 0 Å². The van der Waals surface area contributed by atoms with E-state index in [0.29, 0.717) is 0 Å². The van der Waals surface area contributed by atoms with E-state index in [4.69, 9.17) is 9.79 Å². The van der Waals surface area contributed by atoms with Gasteiger partial charge in [0.05, 0.1) is 5.90 Å². The van der Waals surface area contributed by atoms with Crippen LogP contribution in [0.1, 0.15) is 0 Å². The summed E-state index contributed by atoms with van der Waals surface area (Å²) in [5, 5.41) is 0. The van der Waals surface area contributed by atoms with Gasteiger partial charge in [0, 0.05) is 14.2 Å². The van der Waals surface area contributed by atoms with Crippen molar-refractivity contribution >= 4 is 16.8 Å². The Kier molecular flexibility index (Phi) is 5.91. The van der Waals surface area contributed by atoms with Crippen LogP contribution < -0.4 is 0 Å². The standard InChI is InChI=1S/C3H10O4P2/c1-6-8(4)3-9(5)7-2/h4-5H,3H2,1-2H3. The lowest BCUT2D eigenvalue weighted by molar-refractivity contribution is 0.377. The molecule has 0 rings (SSSR count). The summed E-state index contributed by atoms with van der Waals surface area (Å²) in [6.45, 7) is 0. The van der Waals surface area contributed by atoms with Crippen molar-refractivity contribution in [1.82, 2.24) is 0 Å². The molecule has 0 aliphatic heterocycles. The molecule has 6 heteroatoms. The molecule has 0 heterocycles. The fourth-order valence-corrected chi connectivity index (χ4v) is 1.97. The van der Waals surface area contributed by atoms with Crippen LogP contribution in [0.5, 0.6) is 0 Å². The van der Waals surface area contributed by atoms with Crippen LogP contribution in [0.4, 0.5) is 0 Å². The van der Waals surface area contributed by atoms with Gasteiger partial charge in [-0.25, -0.2) is 0 Å². The van der Waals surface area contributed by atoms with Crippen molar-refractivity contribution in [2.75, 3.05) is 20.1 Å². The van der Waals surface area contributed by atoms with Gasteiger partial charge in [0.2, 0.25) is 0 Å². The highest BCUT2D eigenvalue weighted by atomic mass is 31.2. The maximum atomic E-state index is 8.78. The zero-order chi connectivity index (χ0) is 7.28. The van der Waals surface area contributed by atoms with E-state index in [2.05, 4.69) is 9.05 Å². The quantitative estimate of drug-likeness (QED) is 0.617. The van der Waals surface area contributed by atoms with Gasteiger partial charge in [0.1, 0.15) is 0 Å². The number of hydrogen-bond donors (Lipinski definition) is 2. The van der Waals surface area contributed by atoms with Crippen LogP contribution in [0.15, 0.2) is 0 Å². The van der Waals surface area contributed by atoms with Crippen LogP contribution in [-0.2, 0) is 9.05 Å². The lowest BCUT2D eigenvalue weighted by atomic mass is 11.8.